The monoisotopic (exact) mass is 242 g/mol. The molecule has 0 heterocycles. The molecule has 0 radical (unpaired) electrons. The molecule has 0 aliphatic rings. The minimum absolute atomic E-state index is 0.116. The van der Waals surface area contributed by atoms with Gasteiger partial charge in [-0.05, 0) is 0 Å². The molecule has 1 aromatic rings. The van der Waals surface area contributed by atoms with E-state index in [0.29, 0.717) is 0 Å². The van der Waals surface area contributed by atoms with Crippen LogP contribution in [-0.2, 0) is 10.1 Å². The van der Waals surface area contributed by atoms with E-state index in [1.165, 1.54) is 22.3 Å². The predicted molar refractivity (Wildman–Crippen MR) is 56.9 cm³/mol. The van der Waals surface area contributed by atoms with Gasteiger partial charge in [0.15, 0.2) is 0 Å². The molecule has 0 saturated carbocycles. The van der Waals surface area contributed by atoms with Crippen molar-refractivity contribution in [1.29, 1.82) is 0 Å². The molecule has 1 aromatic carbocycles. The van der Waals surface area contributed by atoms with Gasteiger partial charge in [-0.15, -0.1) is 0 Å². The number of aryl methyl sites for hydroxylation is 3. The zero-order valence-electron chi connectivity index (χ0n) is 8.26. The summed E-state index contributed by atoms with van der Waals surface area (Å²) in [5, 5.41) is 1.99. The predicted octanol–water partition coefficient (Wildman–Crippen LogP) is 2.01. The molecule has 0 unspecified atom stereocenters. The number of benzene rings is 1. The van der Waals surface area contributed by atoms with Crippen LogP contribution in [0.2, 0.25) is 0 Å². The van der Waals surface area contributed by atoms with E-state index >= 15 is 0 Å². The van der Waals surface area contributed by atoms with Crippen LogP contribution < -0.4 is 0 Å². The van der Waals surface area contributed by atoms with Crippen molar-refractivity contribution in [3.63, 3.8) is 0 Å². The van der Waals surface area contributed by atoms with E-state index in [4.69, 9.17) is 0 Å². The summed E-state index contributed by atoms with van der Waals surface area (Å²) in [6, 6.07) is 4.37. The molecule has 0 bridgehead atoms. The van der Waals surface area contributed by atoms with Crippen LogP contribution in [-0.4, -0.2) is 20.1 Å². The Bertz CT molecular complexity index is 295. The molecule has 0 aromatic heterocycles. The van der Waals surface area contributed by atoms with Crippen LogP contribution in [0.1, 0.15) is 22.3 Å². The fourth-order valence-electron chi connectivity index (χ4n) is 1.55. The molecule has 0 amide bonds. The second kappa shape index (κ2) is 4.59. The van der Waals surface area contributed by atoms with Crippen LogP contribution in [0.25, 0.3) is 0 Å². The number of hydrogen-bond acceptors (Lipinski definition) is 1. The van der Waals surface area contributed by atoms with E-state index < -0.39 is 0 Å². The third-order valence-electron chi connectivity index (χ3n) is 2.14. The summed E-state index contributed by atoms with van der Waals surface area (Å²) in [4.78, 5) is 10.3. The molecule has 0 aliphatic carbocycles. The first-order valence-electron chi connectivity index (χ1n) is 4.27. The average Bonchev–Trinajstić information content (AvgIpc) is 2.02. The molecule has 13 heavy (non-hydrogen) atoms. The van der Waals surface area contributed by atoms with Gasteiger partial charge in [0, 0.05) is 0 Å². The van der Waals surface area contributed by atoms with Crippen LogP contribution in [0.15, 0.2) is 12.1 Å². The van der Waals surface area contributed by atoms with Gasteiger partial charge in [-0.2, -0.15) is 0 Å². The SMILES string of the molecule is Cc1cc(C)c(C[Se]C=O)c(C)c1. The van der Waals surface area contributed by atoms with Crippen molar-refractivity contribution in [1.82, 2.24) is 0 Å². The molecule has 0 spiro atoms. The van der Waals surface area contributed by atoms with E-state index in [2.05, 4.69) is 32.9 Å². The van der Waals surface area contributed by atoms with Crippen molar-refractivity contribution < 1.29 is 4.79 Å². The van der Waals surface area contributed by atoms with Gasteiger partial charge in [0.05, 0.1) is 0 Å². The summed E-state index contributed by atoms with van der Waals surface area (Å²) in [7, 11) is 0. The second-order valence-corrected chi connectivity index (χ2v) is 4.99. The molecule has 2 heteroatoms. The summed E-state index contributed by atoms with van der Waals surface area (Å²) >= 11 is 0.116. The zero-order chi connectivity index (χ0) is 9.84. The minimum atomic E-state index is 0.116. The Morgan fingerprint density at radius 2 is 1.77 bits per heavy atom. The van der Waals surface area contributed by atoms with Crippen LogP contribution in [0, 0.1) is 20.8 Å². The quantitative estimate of drug-likeness (QED) is 0.584. The van der Waals surface area contributed by atoms with Crippen LogP contribution in [0.3, 0.4) is 0 Å². The van der Waals surface area contributed by atoms with Gasteiger partial charge in [-0.1, -0.05) is 0 Å². The summed E-state index contributed by atoms with van der Waals surface area (Å²) in [6.45, 7) is 6.35. The Balaban J connectivity index is 2.98. The van der Waals surface area contributed by atoms with Gasteiger partial charge in [0.1, 0.15) is 0 Å². The molecular formula is C11H14OSe. The zero-order valence-corrected chi connectivity index (χ0v) is 9.97. The Kier molecular flexibility index (Phi) is 3.70. The van der Waals surface area contributed by atoms with Crippen LogP contribution >= 0.6 is 0 Å². The molecule has 0 aliphatic heterocycles. The summed E-state index contributed by atoms with van der Waals surface area (Å²) in [5.41, 5.74) is 5.30. The van der Waals surface area contributed by atoms with Crippen molar-refractivity contribution in [3.05, 3.63) is 34.4 Å². The van der Waals surface area contributed by atoms with Crippen molar-refractivity contribution in [2.24, 2.45) is 0 Å². The molecule has 0 atom stereocenters. The fourth-order valence-corrected chi connectivity index (χ4v) is 3.00. The molecule has 1 rings (SSSR count). The standard InChI is InChI=1S/C11H14OSe/c1-8-4-9(2)11(6-13-7-12)10(3)5-8/h4-5,7H,6H2,1-3H3. The van der Waals surface area contributed by atoms with E-state index in [0.717, 1.165) is 10.5 Å². The van der Waals surface area contributed by atoms with Crippen LogP contribution in [0.5, 0.6) is 0 Å². The van der Waals surface area contributed by atoms with Crippen molar-refractivity contribution in [2.75, 3.05) is 0 Å². The third-order valence-corrected chi connectivity index (χ3v) is 3.38. The number of carbonyl (C=O) groups excluding carboxylic acids is 1. The number of hydrogen-bond donors (Lipinski definition) is 0. The molecule has 1 nitrogen and oxygen atoms in total. The Morgan fingerprint density at radius 3 is 2.23 bits per heavy atom. The molecule has 0 fully saturated rings. The second-order valence-electron chi connectivity index (χ2n) is 3.28. The topological polar surface area (TPSA) is 17.1 Å². The summed E-state index contributed by atoms with van der Waals surface area (Å²) in [5.74, 6) is 0. The van der Waals surface area contributed by atoms with Crippen molar-refractivity contribution >= 4 is 20.1 Å². The normalized spacial score (nSPS) is 10.1. The van der Waals surface area contributed by atoms with Crippen LogP contribution in [0.4, 0.5) is 0 Å². The molecule has 70 valence electrons. The Hall–Kier alpha value is -0.591. The van der Waals surface area contributed by atoms with Gasteiger partial charge in [-0.25, -0.2) is 0 Å². The first kappa shape index (κ1) is 10.5. The summed E-state index contributed by atoms with van der Waals surface area (Å²) in [6.07, 6.45) is 0. The summed E-state index contributed by atoms with van der Waals surface area (Å²) < 4.78 is 0. The van der Waals surface area contributed by atoms with Gasteiger partial charge < -0.3 is 0 Å². The Labute approximate surface area is 85.7 Å². The maximum atomic E-state index is 10.3. The van der Waals surface area contributed by atoms with Crippen molar-refractivity contribution in [3.8, 4) is 0 Å². The van der Waals surface area contributed by atoms with Gasteiger partial charge in [-0.3, -0.25) is 0 Å². The van der Waals surface area contributed by atoms with Gasteiger partial charge in [0.2, 0.25) is 0 Å². The number of carbonyl (C=O) groups is 1. The van der Waals surface area contributed by atoms with Gasteiger partial charge >= 0.3 is 85.4 Å². The van der Waals surface area contributed by atoms with E-state index in [1.54, 1.807) is 0 Å². The third kappa shape index (κ3) is 2.68. The first-order valence-corrected chi connectivity index (χ1v) is 6.47. The number of rotatable bonds is 3. The average molecular weight is 241 g/mol. The van der Waals surface area contributed by atoms with Crippen molar-refractivity contribution in [2.45, 2.75) is 26.1 Å². The molecule has 0 N–H and O–H groups in total. The maximum absolute atomic E-state index is 10.3. The Morgan fingerprint density at radius 1 is 1.23 bits per heavy atom. The fraction of sp³-hybridized carbons (Fsp3) is 0.364. The van der Waals surface area contributed by atoms with E-state index in [9.17, 15) is 4.79 Å². The van der Waals surface area contributed by atoms with Gasteiger partial charge in [0.25, 0.3) is 0 Å². The molecular weight excluding hydrogens is 227 g/mol. The van der Waals surface area contributed by atoms with E-state index in [1.807, 2.05) is 0 Å². The molecule has 0 saturated heterocycles. The first-order chi connectivity index (χ1) is 6.15. The van der Waals surface area contributed by atoms with E-state index in [-0.39, 0.29) is 15.0 Å².